The summed E-state index contributed by atoms with van der Waals surface area (Å²) in [7, 11) is 3.95. The van der Waals surface area contributed by atoms with Gasteiger partial charge in [0.05, 0.1) is 5.69 Å². The highest BCUT2D eigenvalue weighted by Gasteiger charge is 2.19. The van der Waals surface area contributed by atoms with Gasteiger partial charge in [0, 0.05) is 23.6 Å². The molecule has 0 saturated heterocycles. The van der Waals surface area contributed by atoms with Crippen molar-refractivity contribution in [1.82, 2.24) is 15.1 Å². The minimum atomic E-state index is -0.290. The zero-order valence-electron chi connectivity index (χ0n) is 14.7. The highest BCUT2D eigenvalue weighted by Crippen LogP contribution is 2.28. The van der Waals surface area contributed by atoms with Crippen LogP contribution in [-0.4, -0.2) is 35.1 Å². The Morgan fingerprint density at radius 1 is 1.21 bits per heavy atom. The van der Waals surface area contributed by atoms with E-state index in [4.69, 9.17) is 4.42 Å². The van der Waals surface area contributed by atoms with Crippen LogP contribution in [0.15, 0.2) is 22.6 Å². The Morgan fingerprint density at radius 3 is 2.62 bits per heavy atom. The van der Waals surface area contributed by atoms with E-state index in [9.17, 15) is 4.79 Å². The third-order valence-electron chi connectivity index (χ3n) is 4.12. The summed E-state index contributed by atoms with van der Waals surface area (Å²) in [5.41, 5.74) is 4.83. The van der Waals surface area contributed by atoms with Crippen LogP contribution in [-0.2, 0) is 6.54 Å². The molecule has 2 heterocycles. The summed E-state index contributed by atoms with van der Waals surface area (Å²) >= 11 is 0. The molecule has 1 amide bonds. The van der Waals surface area contributed by atoms with Gasteiger partial charge >= 0.3 is 0 Å². The van der Waals surface area contributed by atoms with E-state index in [1.165, 1.54) is 5.56 Å². The quantitative estimate of drug-likeness (QED) is 0.770. The van der Waals surface area contributed by atoms with Crippen molar-refractivity contribution in [1.29, 1.82) is 0 Å². The first-order valence-corrected chi connectivity index (χ1v) is 7.86. The molecule has 0 radical (unpaired) electrons. The molecule has 24 heavy (non-hydrogen) atoms. The molecule has 0 aliphatic heterocycles. The second-order valence-electron chi connectivity index (χ2n) is 6.46. The largest absolute Gasteiger partial charge is 0.451 e. The number of carbonyl (C=O) groups is 1. The number of aryl methyl sites for hydroxylation is 3. The van der Waals surface area contributed by atoms with Gasteiger partial charge in [-0.1, -0.05) is 0 Å². The van der Waals surface area contributed by atoms with Crippen LogP contribution in [0, 0.1) is 20.8 Å². The number of amides is 1. The summed E-state index contributed by atoms with van der Waals surface area (Å²) in [6.45, 7) is 6.71. The molecule has 0 aliphatic rings. The molecule has 0 atom stereocenters. The van der Waals surface area contributed by atoms with Crippen molar-refractivity contribution in [2.75, 3.05) is 19.4 Å². The van der Waals surface area contributed by atoms with Gasteiger partial charge < -0.3 is 14.6 Å². The number of anilines is 1. The summed E-state index contributed by atoms with van der Waals surface area (Å²) in [5.74, 6) is 0.526. The van der Waals surface area contributed by atoms with E-state index in [0.717, 1.165) is 34.3 Å². The van der Waals surface area contributed by atoms with E-state index in [1.54, 1.807) is 0 Å². The lowest BCUT2D eigenvalue weighted by Gasteiger charge is -2.05. The normalized spacial score (nSPS) is 11.4. The number of hydrogen-bond donors (Lipinski definition) is 2. The lowest BCUT2D eigenvalue weighted by Crippen LogP contribution is -2.12. The maximum Gasteiger partial charge on any atom is 0.292 e. The van der Waals surface area contributed by atoms with Gasteiger partial charge in [-0.25, -0.2) is 0 Å². The van der Waals surface area contributed by atoms with Gasteiger partial charge in [-0.05, 0) is 58.1 Å². The number of nitrogens with one attached hydrogen (secondary N) is 2. The summed E-state index contributed by atoms with van der Waals surface area (Å²) < 4.78 is 5.78. The molecule has 0 fully saturated rings. The van der Waals surface area contributed by atoms with Crippen LogP contribution in [0.4, 0.5) is 5.82 Å². The Bertz CT molecular complexity index is 905. The van der Waals surface area contributed by atoms with Crippen LogP contribution in [0.5, 0.6) is 0 Å². The van der Waals surface area contributed by atoms with Crippen LogP contribution < -0.4 is 5.32 Å². The Balaban J connectivity index is 1.86. The fraction of sp³-hybridized carbons (Fsp3) is 0.333. The molecule has 3 rings (SSSR count). The van der Waals surface area contributed by atoms with Crippen molar-refractivity contribution in [2.45, 2.75) is 27.3 Å². The van der Waals surface area contributed by atoms with Crippen LogP contribution in [0.2, 0.25) is 0 Å². The highest BCUT2D eigenvalue weighted by molar-refractivity contribution is 6.06. The van der Waals surface area contributed by atoms with E-state index < -0.39 is 0 Å². The molecule has 2 N–H and O–H groups in total. The highest BCUT2D eigenvalue weighted by atomic mass is 16.3. The number of fused-ring (bicyclic) bond motifs is 1. The van der Waals surface area contributed by atoms with Gasteiger partial charge in [0.2, 0.25) is 0 Å². The van der Waals surface area contributed by atoms with Gasteiger partial charge in [0.1, 0.15) is 5.58 Å². The first kappa shape index (κ1) is 16.3. The number of H-pyrrole nitrogens is 1. The van der Waals surface area contributed by atoms with Crippen molar-refractivity contribution < 1.29 is 9.21 Å². The summed E-state index contributed by atoms with van der Waals surface area (Å²) in [6, 6.07) is 5.85. The molecule has 2 aromatic heterocycles. The number of benzene rings is 1. The fourth-order valence-electron chi connectivity index (χ4n) is 2.71. The van der Waals surface area contributed by atoms with Crippen molar-refractivity contribution in [2.24, 2.45) is 0 Å². The number of aromatic amines is 1. The van der Waals surface area contributed by atoms with Gasteiger partial charge in [0.15, 0.2) is 11.6 Å². The Morgan fingerprint density at radius 2 is 1.92 bits per heavy atom. The minimum Gasteiger partial charge on any atom is -0.451 e. The van der Waals surface area contributed by atoms with E-state index in [-0.39, 0.29) is 5.91 Å². The molecule has 1 aromatic carbocycles. The summed E-state index contributed by atoms with van der Waals surface area (Å²) in [5, 5.41) is 10.8. The molecule has 0 spiro atoms. The zero-order valence-corrected chi connectivity index (χ0v) is 14.7. The molecule has 0 bridgehead atoms. The molecule has 6 heteroatoms. The molecular weight excluding hydrogens is 304 g/mol. The third-order valence-corrected chi connectivity index (χ3v) is 4.12. The topological polar surface area (TPSA) is 74.2 Å². The van der Waals surface area contributed by atoms with Crippen LogP contribution >= 0.6 is 0 Å². The number of nitrogens with zero attached hydrogens (tertiary/aromatic N) is 2. The average molecular weight is 326 g/mol. The zero-order chi connectivity index (χ0) is 17.4. The second-order valence-corrected chi connectivity index (χ2v) is 6.46. The Hall–Kier alpha value is -2.60. The first-order chi connectivity index (χ1) is 11.3. The molecular formula is C18H22N4O2. The molecule has 0 aliphatic carbocycles. The number of hydrogen-bond acceptors (Lipinski definition) is 4. The van der Waals surface area contributed by atoms with Crippen LogP contribution in [0.3, 0.4) is 0 Å². The van der Waals surface area contributed by atoms with Crippen molar-refractivity contribution in [3.05, 3.63) is 46.3 Å². The summed E-state index contributed by atoms with van der Waals surface area (Å²) in [4.78, 5) is 14.6. The monoisotopic (exact) mass is 326 g/mol. The van der Waals surface area contributed by atoms with E-state index >= 15 is 0 Å². The average Bonchev–Trinajstić information content (AvgIpc) is 3.05. The van der Waals surface area contributed by atoms with Crippen molar-refractivity contribution in [3.63, 3.8) is 0 Å². The SMILES string of the molecule is Cc1cc2oc(C(=O)Nc3cc(CN(C)C)[nH]n3)c(C)c2cc1C. The Kier molecular flexibility index (Phi) is 4.15. The molecule has 3 aromatic rings. The van der Waals surface area contributed by atoms with Gasteiger partial charge in [-0.2, -0.15) is 5.10 Å². The van der Waals surface area contributed by atoms with Gasteiger partial charge in [-0.15, -0.1) is 0 Å². The number of furan rings is 1. The fourth-order valence-corrected chi connectivity index (χ4v) is 2.71. The molecule has 0 saturated carbocycles. The number of carbonyl (C=O) groups excluding carboxylic acids is 1. The smallest absolute Gasteiger partial charge is 0.292 e. The lowest BCUT2D eigenvalue weighted by molar-refractivity contribution is 0.0997. The van der Waals surface area contributed by atoms with Crippen molar-refractivity contribution >= 4 is 22.7 Å². The maximum atomic E-state index is 12.5. The van der Waals surface area contributed by atoms with E-state index in [1.807, 2.05) is 45.0 Å². The number of aromatic nitrogens is 2. The standard InChI is InChI=1S/C18H22N4O2/c1-10-6-14-12(3)17(24-15(14)7-11(10)2)18(23)19-16-8-13(20-21-16)9-22(4)5/h6-8H,9H2,1-5H3,(H2,19,20,21,23). The predicted molar refractivity (Wildman–Crippen MR) is 94.4 cm³/mol. The molecule has 126 valence electrons. The van der Waals surface area contributed by atoms with Crippen LogP contribution in [0.1, 0.15) is 32.9 Å². The molecule has 6 nitrogen and oxygen atoms in total. The van der Waals surface area contributed by atoms with E-state index in [0.29, 0.717) is 11.6 Å². The Labute approximate surface area is 140 Å². The summed E-state index contributed by atoms with van der Waals surface area (Å²) in [6.07, 6.45) is 0. The third kappa shape index (κ3) is 3.05. The second kappa shape index (κ2) is 6.13. The maximum absolute atomic E-state index is 12.5. The van der Waals surface area contributed by atoms with Gasteiger partial charge in [-0.3, -0.25) is 9.89 Å². The molecule has 0 unspecified atom stereocenters. The lowest BCUT2D eigenvalue weighted by atomic mass is 10.1. The van der Waals surface area contributed by atoms with E-state index in [2.05, 4.69) is 28.5 Å². The van der Waals surface area contributed by atoms with Gasteiger partial charge in [0.25, 0.3) is 5.91 Å². The van der Waals surface area contributed by atoms with Crippen molar-refractivity contribution in [3.8, 4) is 0 Å². The number of rotatable bonds is 4. The minimum absolute atomic E-state index is 0.290. The van der Waals surface area contributed by atoms with Crippen LogP contribution in [0.25, 0.3) is 11.0 Å². The predicted octanol–water partition coefficient (Wildman–Crippen LogP) is 3.40. The first-order valence-electron chi connectivity index (χ1n) is 7.86.